The molecule has 0 atom stereocenters. The molecule has 1 fully saturated rings. The molecule has 0 aromatic heterocycles. The van der Waals surface area contributed by atoms with Crippen molar-refractivity contribution in [1.29, 1.82) is 0 Å². The van der Waals surface area contributed by atoms with Gasteiger partial charge in [-0.15, -0.1) is 0 Å². The Bertz CT molecular complexity index is 372. The van der Waals surface area contributed by atoms with Crippen LogP contribution in [-0.2, 0) is 0 Å². The zero-order valence-electron chi connectivity index (χ0n) is 10.5. The minimum absolute atomic E-state index is 0.844. The summed E-state index contributed by atoms with van der Waals surface area (Å²) in [5.74, 6) is 0.844. The molecule has 3 heteroatoms. The molecule has 0 spiro atoms. The average Bonchev–Trinajstić information content (AvgIpc) is 2.30. The van der Waals surface area contributed by atoms with Crippen molar-refractivity contribution in [3.8, 4) is 0 Å². The number of hydrogen-bond donors (Lipinski definition) is 1. The molecule has 0 heterocycles. The van der Waals surface area contributed by atoms with Gasteiger partial charge in [0.2, 0.25) is 0 Å². The first kappa shape index (κ1) is 12.7. The minimum Gasteiger partial charge on any atom is -0.397 e. The topological polar surface area (TPSA) is 29.3 Å². The van der Waals surface area contributed by atoms with Crippen molar-refractivity contribution in [3.05, 3.63) is 22.7 Å². The number of nitrogens with zero attached hydrogens (tertiary/aromatic N) is 1. The molecular weight excluding hydrogens is 276 g/mol. The van der Waals surface area contributed by atoms with Crippen LogP contribution in [0, 0.1) is 5.92 Å². The van der Waals surface area contributed by atoms with Gasteiger partial charge in [-0.05, 0) is 37.0 Å². The van der Waals surface area contributed by atoms with Gasteiger partial charge in [-0.1, -0.05) is 35.2 Å². The zero-order chi connectivity index (χ0) is 12.3. The van der Waals surface area contributed by atoms with Crippen molar-refractivity contribution in [3.63, 3.8) is 0 Å². The Morgan fingerprint density at radius 3 is 2.65 bits per heavy atom. The molecule has 0 bridgehead atoms. The third-order valence-electron chi connectivity index (χ3n) is 3.66. The Labute approximate surface area is 112 Å². The number of anilines is 2. The second kappa shape index (κ2) is 5.76. The van der Waals surface area contributed by atoms with Gasteiger partial charge in [0.25, 0.3) is 0 Å². The lowest BCUT2D eigenvalue weighted by Crippen LogP contribution is -2.27. The molecule has 0 aliphatic heterocycles. The summed E-state index contributed by atoms with van der Waals surface area (Å²) in [5, 5.41) is 0. The number of halogens is 1. The number of nitrogen functional groups attached to an aromatic ring is 1. The summed E-state index contributed by atoms with van der Waals surface area (Å²) in [7, 11) is 2.15. The number of hydrogen-bond acceptors (Lipinski definition) is 2. The lowest BCUT2D eigenvalue weighted by molar-refractivity contribution is 0.362. The van der Waals surface area contributed by atoms with E-state index in [4.69, 9.17) is 5.73 Å². The largest absolute Gasteiger partial charge is 0.397 e. The fourth-order valence-corrected chi connectivity index (χ4v) is 3.11. The molecule has 0 radical (unpaired) electrons. The van der Waals surface area contributed by atoms with Crippen LogP contribution in [-0.4, -0.2) is 13.6 Å². The van der Waals surface area contributed by atoms with E-state index in [-0.39, 0.29) is 0 Å². The van der Waals surface area contributed by atoms with Gasteiger partial charge in [0.1, 0.15) is 0 Å². The first-order chi connectivity index (χ1) is 8.16. The molecule has 2 nitrogen and oxygen atoms in total. The molecule has 94 valence electrons. The number of nitrogens with two attached hydrogens (primary N) is 1. The number of rotatable bonds is 3. The fraction of sp³-hybridized carbons (Fsp3) is 0.571. The van der Waals surface area contributed by atoms with E-state index < -0.39 is 0 Å². The molecule has 1 aliphatic rings. The molecule has 0 amide bonds. The maximum atomic E-state index is 6.06. The van der Waals surface area contributed by atoms with E-state index in [1.807, 2.05) is 6.07 Å². The van der Waals surface area contributed by atoms with Crippen LogP contribution in [0.25, 0.3) is 0 Å². The third-order valence-corrected chi connectivity index (χ3v) is 4.15. The predicted molar refractivity (Wildman–Crippen MR) is 78.4 cm³/mol. The molecular formula is C14H21BrN2. The summed E-state index contributed by atoms with van der Waals surface area (Å²) in [5.41, 5.74) is 8.07. The summed E-state index contributed by atoms with van der Waals surface area (Å²) in [6.45, 7) is 1.13. The van der Waals surface area contributed by atoms with E-state index in [2.05, 4.69) is 40.0 Å². The highest BCUT2D eigenvalue weighted by molar-refractivity contribution is 9.10. The summed E-state index contributed by atoms with van der Waals surface area (Å²) in [6.07, 6.45) is 6.96. The van der Waals surface area contributed by atoms with Crippen molar-refractivity contribution >= 4 is 27.3 Å². The summed E-state index contributed by atoms with van der Waals surface area (Å²) >= 11 is 3.45. The summed E-state index contributed by atoms with van der Waals surface area (Å²) in [4.78, 5) is 2.30. The van der Waals surface area contributed by atoms with Crippen LogP contribution in [0.15, 0.2) is 22.7 Å². The van der Waals surface area contributed by atoms with Gasteiger partial charge in [0, 0.05) is 18.1 Å². The Hall–Kier alpha value is -0.700. The van der Waals surface area contributed by atoms with Crippen LogP contribution >= 0.6 is 15.9 Å². The Kier molecular flexibility index (Phi) is 4.32. The van der Waals surface area contributed by atoms with Gasteiger partial charge >= 0.3 is 0 Å². The van der Waals surface area contributed by atoms with Gasteiger partial charge in [-0.25, -0.2) is 0 Å². The smallest absolute Gasteiger partial charge is 0.0598 e. The molecule has 17 heavy (non-hydrogen) atoms. The summed E-state index contributed by atoms with van der Waals surface area (Å²) < 4.78 is 1.05. The van der Waals surface area contributed by atoms with Crippen LogP contribution in [0.4, 0.5) is 11.4 Å². The minimum atomic E-state index is 0.844. The van der Waals surface area contributed by atoms with Crippen molar-refractivity contribution in [2.75, 3.05) is 24.2 Å². The lowest BCUT2D eigenvalue weighted by Gasteiger charge is -2.29. The van der Waals surface area contributed by atoms with Crippen LogP contribution in [0.3, 0.4) is 0 Å². The van der Waals surface area contributed by atoms with E-state index in [0.29, 0.717) is 0 Å². The van der Waals surface area contributed by atoms with Gasteiger partial charge in [0.05, 0.1) is 11.4 Å². The Balaban J connectivity index is 2.00. The molecule has 0 saturated heterocycles. The quantitative estimate of drug-likeness (QED) is 0.853. The second-order valence-corrected chi connectivity index (χ2v) is 6.00. The van der Waals surface area contributed by atoms with Gasteiger partial charge in [-0.2, -0.15) is 0 Å². The number of benzene rings is 1. The predicted octanol–water partition coefficient (Wildman–Crippen LogP) is 4.05. The van der Waals surface area contributed by atoms with Crippen molar-refractivity contribution < 1.29 is 0 Å². The first-order valence-electron chi connectivity index (χ1n) is 6.43. The molecule has 0 unspecified atom stereocenters. The van der Waals surface area contributed by atoms with Crippen molar-refractivity contribution in [2.24, 2.45) is 5.92 Å². The van der Waals surface area contributed by atoms with Crippen LogP contribution < -0.4 is 10.6 Å². The fourth-order valence-electron chi connectivity index (χ4n) is 2.73. The highest BCUT2D eigenvalue weighted by Crippen LogP contribution is 2.29. The lowest BCUT2D eigenvalue weighted by atomic mass is 9.89. The highest BCUT2D eigenvalue weighted by Gasteiger charge is 2.16. The van der Waals surface area contributed by atoms with E-state index >= 15 is 0 Å². The molecule has 1 aliphatic carbocycles. The zero-order valence-corrected chi connectivity index (χ0v) is 12.0. The van der Waals surface area contributed by atoms with Crippen LogP contribution in [0.5, 0.6) is 0 Å². The Morgan fingerprint density at radius 2 is 2.00 bits per heavy atom. The van der Waals surface area contributed by atoms with Crippen molar-refractivity contribution in [2.45, 2.75) is 32.1 Å². The maximum absolute atomic E-state index is 6.06. The van der Waals surface area contributed by atoms with Crippen LogP contribution in [0.2, 0.25) is 0 Å². The first-order valence-corrected chi connectivity index (χ1v) is 7.22. The highest BCUT2D eigenvalue weighted by atomic mass is 79.9. The van der Waals surface area contributed by atoms with E-state index in [1.54, 1.807) is 0 Å². The van der Waals surface area contributed by atoms with Gasteiger partial charge < -0.3 is 10.6 Å². The van der Waals surface area contributed by atoms with E-state index in [1.165, 1.54) is 32.1 Å². The van der Waals surface area contributed by atoms with E-state index in [0.717, 1.165) is 28.3 Å². The molecule has 1 saturated carbocycles. The SMILES string of the molecule is CN(CC1CCCCC1)c1ccc(Br)cc1N. The Morgan fingerprint density at radius 1 is 1.29 bits per heavy atom. The normalized spacial score (nSPS) is 17.1. The maximum Gasteiger partial charge on any atom is 0.0598 e. The van der Waals surface area contributed by atoms with Crippen molar-refractivity contribution in [1.82, 2.24) is 0 Å². The van der Waals surface area contributed by atoms with Gasteiger partial charge in [-0.3, -0.25) is 0 Å². The standard InChI is InChI=1S/C14H21BrN2/c1-17(10-11-5-3-2-4-6-11)14-8-7-12(15)9-13(14)16/h7-9,11H,2-6,10,16H2,1H3. The summed E-state index contributed by atoms with van der Waals surface area (Å²) in [6, 6.07) is 6.14. The molecule has 1 aromatic carbocycles. The average molecular weight is 297 g/mol. The monoisotopic (exact) mass is 296 g/mol. The molecule has 1 aromatic rings. The third kappa shape index (κ3) is 3.38. The second-order valence-electron chi connectivity index (χ2n) is 5.09. The van der Waals surface area contributed by atoms with Crippen LogP contribution in [0.1, 0.15) is 32.1 Å². The molecule has 2 N–H and O–H groups in total. The van der Waals surface area contributed by atoms with Gasteiger partial charge in [0.15, 0.2) is 0 Å². The molecule has 2 rings (SSSR count). The van der Waals surface area contributed by atoms with E-state index in [9.17, 15) is 0 Å².